The van der Waals surface area contributed by atoms with E-state index in [2.05, 4.69) is 46.5 Å². The van der Waals surface area contributed by atoms with Gasteiger partial charge in [-0.1, -0.05) is 6.07 Å². The fourth-order valence-corrected chi connectivity index (χ4v) is 2.93. The molecule has 0 spiro atoms. The summed E-state index contributed by atoms with van der Waals surface area (Å²) in [6, 6.07) is 8.57. The lowest BCUT2D eigenvalue weighted by atomic mass is 10.2. The van der Waals surface area contributed by atoms with Crippen LogP contribution in [0.3, 0.4) is 0 Å². The van der Waals surface area contributed by atoms with Gasteiger partial charge in [-0.15, -0.1) is 0 Å². The molecule has 1 unspecified atom stereocenters. The lowest BCUT2D eigenvalue weighted by molar-refractivity contribution is 0.122. The Balaban J connectivity index is 1.62. The van der Waals surface area contributed by atoms with Crippen molar-refractivity contribution in [2.75, 3.05) is 31.2 Å². The number of pyridine rings is 1. The van der Waals surface area contributed by atoms with Crippen LogP contribution in [0.5, 0.6) is 0 Å². The van der Waals surface area contributed by atoms with Crippen LogP contribution in [0.2, 0.25) is 0 Å². The van der Waals surface area contributed by atoms with Crippen molar-refractivity contribution in [2.24, 2.45) is 7.05 Å². The topological polar surface area (TPSA) is 55.2 Å². The number of aryl methyl sites for hydroxylation is 2. The highest BCUT2D eigenvalue weighted by atomic mass is 16.5. The maximum absolute atomic E-state index is 5.40. The molecular formula is C17H25N5O. The summed E-state index contributed by atoms with van der Waals surface area (Å²) in [5.74, 6) is 1.04. The smallest absolute Gasteiger partial charge is 0.129 e. The summed E-state index contributed by atoms with van der Waals surface area (Å²) in [4.78, 5) is 7.05. The largest absolute Gasteiger partial charge is 0.378 e. The second-order valence-electron chi connectivity index (χ2n) is 6.02. The first-order valence-corrected chi connectivity index (χ1v) is 8.16. The fraction of sp³-hybridized carbons (Fsp3) is 0.529. The summed E-state index contributed by atoms with van der Waals surface area (Å²) >= 11 is 0. The lowest BCUT2D eigenvalue weighted by Gasteiger charge is -2.28. The van der Waals surface area contributed by atoms with E-state index in [1.165, 1.54) is 5.69 Å². The van der Waals surface area contributed by atoms with Crippen LogP contribution in [0.25, 0.3) is 0 Å². The van der Waals surface area contributed by atoms with Crippen LogP contribution < -0.4 is 10.2 Å². The van der Waals surface area contributed by atoms with Crippen molar-refractivity contribution < 1.29 is 4.74 Å². The number of aromatic nitrogens is 3. The molecule has 6 heteroatoms. The summed E-state index contributed by atoms with van der Waals surface area (Å²) in [7, 11) is 1.98. The molecule has 1 atom stereocenters. The molecule has 0 aliphatic carbocycles. The molecule has 0 radical (unpaired) electrons. The van der Waals surface area contributed by atoms with Gasteiger partial charge in [0.1, 0.15) is 5.82 Å². The zero-order chi connectivity index (χ0) is 16.2. The molecule has 2 aromatic heterocycles. The third kappa shape index (κ3) is 3.89. The van der Waals surface area contributed by atoms with Gasteiger partial charge in [0.05, 0.1) is 30.3 Å². The van der Waals surface area contributed by atoms with Gasteiger partial charge in [-0.25, -0.2) is 4.98 Å². The molecule has 0 saturated carbocycles. The second-order valence-corrected chi connectivity index (χ2v) is 6.02. The standard InChI is InChI=1S/C17H25N5O/c1-13-11-16(21(3)20-13)14(2)18-12-15-5-4-6-17(19-15)22-7-9-23-10-8-22/h4-6,11,14,18H,7-10,12H2,1-3H3. The van der Waals surface area contributed by atoms with E-state index in [4.69, 9.17) is 9.72 Å². The minimum Gasteiger partial charge on any atom is -0.378 e. The molecule has 3 heterocycles. The average Bonchev–Trinajstić information content (AvgIpc) is 2.92. The van der Waals surface area contributed by atoms with Gasteiger partial charge in [-0.3, -0.25) is 4.68 Å². The van der Waals surface area contributed by atoms with E-state index in [9.17, 15) is 0 Å². The van der Waals surface area contributed by atoms with Crippen molar-refractivity contribution in [3.05, 3.63) is 41.3 Å². The van der Waals surface area contributed by atoms with Crippen molar-refractivity contribution in [1.29, 1.82) is 0 Å². The molecular weight excluding hydrogens is 290 g/mol. The van der Waals surface area contributed by atoms with Crippen LogP contribution in [0.4, 0.5) is 5.82 Å². The summed E-state index contributed by atoms with van der Waals surface area (Å²) < 4.78 is 7.34. The van der Waals surface area contributed by atoms with E-state index in [0.29, 0.717) is 0 Å². The van der Waals surface area contributed by atoms with Crippen molar-refractivity contribution in [3.63, 3.8) is 0 Å². The highest BCUT2D eigenvalue weighted by Crippen LogP contribution is 2.16. The summed E-state index contributed by atoms with van der Waals surface area (Å²) in [5, 5.41) is 7.94. The minimum absolute atomic E-state index is 0.232. The summed E-state index contributed by atoms with van der Waals surface area (Å²) in [5.41, 5.74) is 3.29. The molecule has 1 saturated heterocycles. The summed E-state index contributed by atoms with van der Waals surface area (Å²) in [6.45, 7) is 8.29. The van der Waals surface area contributed by atoms with Gasteiger partial charge in [0.15, 0.2) is 0 Å². The normalized spacial score (nSPS) is 16.6. The van der Waals surface area contributed by atoms with E-state index in [0.717, 1.165) is 50.1 Å². The second kappa shape index (κ2) is 7.10. The van der Waals surface area contributed by atoms with Gasteiger partial charge in [0.25, 0.3) is 0 Å². The van der Waals surface area contributed by atoms with Gasteiger partial charge in [0.2, 0.25) is 0 Å². The van der Waals surface area contributed by atoms with Crippen LogP contribution in [0.1, 0.15) is 30.0 Å². The van der Waals surface area contributed by atoms with E-state index in [1.807, 2.05) is 18.7 Å². The predicted molar refractivity (Wildman–Crippen MR) is 90.5 cm³/mol. The van der Waals surface area contributed by atoms with Crippen LogP contribution >= 0.6 is 0 Å². The molecule has 23 heavy (non-hydrogen) atoms. The van der Waals surface area contributed by atoms with Gasteiger partial charge >= 0.3 is 0 Å². The van der Waals surface area contributed by atoms with E-state index < -0.39 is 0 Å². The molecule has 1 aliphatic rings. The molecule has 3 rings (SSSR count). The number of hydrogen-bond acceptors (Lipinski definition) is 5. The number of anilines is 1. The molecule has 6 nitrogen and oxygen atoms in total. The van der Waals surface area contributed by atoms with Crippen LogP contribution in [0.15, 0.2) is 24.3 Å². The van der Waals surface area contributed by atoms with Crippen LogP contribution in [0, 0.1) is 6.92 Å². The minimum atomic E-state index is 0.232. The molecule has 0 aromatic carbocycles. The molecule has 1 aliphatic heterocycles. The molecule has 2 aromatic rings. The van der Waals surface area contributed by atoms with E-state index in [1.54, 1.807) is 0 Å². The van der Waals surface area contributed by atoms with Gasteiger partial charge < -0.3 is 15.0 Å². The molecule has 0 bridgehead atoms. The number of rotatable bonds is 5. The highest BCUT2D eigenvalue weighted by Gasteiger charge is 2.14. The van der Waals surface area contributed by atoms with Crippen LogP contribution in [-0.4, -0.2) is 41.1 Å². The molecule has 0 amide bonds. The monoisotopic (exact) mass is 315 g/mol. The highest BCUT2D eigenvalue weighted by molar-refractivity contribution is 5.39. The fourth-order valence-electron chi connectivity index (χ4n) is 2.93. The summed E-state index contributed by atoms with van der Waals surface area (Å²) in [6.07, 6.45) is 0. The lowest BCUT2D eigenvalue weighted by Crippen LogP contribution is -2.36. The van der Waals surface area contributed by atoms with Crippen molar-refractivity contribution in [3.8, 4) is 0 Å². The Morgan fingerprint density at radius 1 is 1.30 bits per heavy atom. The van der Waals surface area contributed by atoms with Crippen molar-refractivity contribution in [1.82, 2.24) is 20.1 Å². The zero-order valence-corrected chi connectivity index (χ0v) is 14.1. The van der Waals surface area contributed by atoms with Crippen LogP contribution in [-0.2, 0) is 18.3 Å². The first kappa shape index (κ1) is 16.0. The Morgan fingerprint density at radius 2 is 2.09 bits per heavy atom. The number of hydrogen-bond donors (Lipinski definition) is 1. The van der Waals surface area contributed by atoms with E-state index in [-0.39, 0.29) is 6.04 Å². The number of nitrogens with zero attached hydrogens (tertiary/aromatic N) is 4. The quantitative estimate of drug-likeness (QED) is 0.912. The molecule has 1 fully saturated rings. The van der Waals surface area contributed by atoms with Crippen molar-refractivity contribution in [2.45, 2.75) is 26.4 Å². The number of nitrogens with one attached hydrogen (secondary N) is 1. The Labute approximate surface area is 137 Å². The molecule has 1 N–H and O–H groups in total. The SMILES string of the molecule is Cc1cc(C(C)NCc2cccc(N3CCOCC3)n2)n(C)n1. The first-order chi connectivity index (χ1) is 11.1. The Hall–Kier alpha value is -1.92. The third-order valence-corrected chi connectivity index (χ3v) is 4.20. The predicted octanol–water partition coefficient (Wildman–Crippen LogP) is 1.81. The zero-order valence-electron chi connectivity index (χ0n) is 14.1. The van der Waals surface area contributed by atoms with Gasteiger partial charge in [-0.05, 0) is 32.0 Å². The molecule has 124 valence electrons. The third-order valence-electron chi connectivity index (χ3n) is 4.20. The Bertz CT molecular complexity index is 648. The first-order valence-electron chi connectivity index (χ1n) is 8.16. The van der Waals surface area contributed by atoms with Gasteiger partial charge in [0, 0.05) is 32.7 Å². The number of ether oxygens (including phenoxy) is 1. The maximum Gasteiger partial charge on any atom is 0.129 e. The number of morpholine rings is 1. The maximum atomic E-state index is 5.40. The Morgan fingerprint density at radius 3 is 2.78 bits per heavy atom. The van der Waals surface area contributed by atoms with E-state index >= 15 is 0 Å². The van der Waals surface area contributed by atoms with Crippen molar-refractivity contribution >= 4 is 5.82 Å². The average molecular weight is 315 g/mol. The Kier molecular flexibility index (Phi) is 4.93. The van der Waals surface area contributed by atoms with Gasteiger partial charge in [-0.2, -0.15) is 5.10 Å².